The maximum atomic E-state index is 11.4. The summed E-state index contributed by atoms with van der Waals surface area (Å²) < 4.78 is 4.96. The van der Waals surface area contributed by atoms with Gasteiger partial charge < -0.3 is 9.84 Å². The molecule has 1 aromatic rings. The molecule has 0 amide bonds. The van der Waals surface area contributed by atoms with Gasteiger partial charge in [-0.2, -0.15) is 0 Å². The van der Waals surface area contributed by atoms with Crippen molar-refractivity contribution in [1.29, 1.82) is 0 Å². The molecule has 3 nitrogen and oxygen atoms in total. The number of carbonyl (C=O) groups is 1. The Bertz CT molecular complexity index is 325. The molecule has 0 aliphatic rings. The number of hydrogen-bond acceptors (Lipinski definition) is 3. The van der Waals surface area contributed by atoms with Crippen LogP contribution in [0.4, 0.5) is 0 Å². The topological polar surface area (TPSA) is 46.5 Å². The fourth-order valence-electron chi connectivity index (χ4n) is 1.01. The van der Waals surface area contributed by atoms with Crippen LogP contribution in [0.25, 0.3) is 0 Å². The van der Waals surface area contributed by atoms with Crippen LogP contribution in [0.2, 0.25) is 0 Å². The average molecular weight is 192 g/mol. The summed E-state index contributed by atoms with van der Waals surface area (Å²) in [5.41, 5.74) is 0.579. The van der Waals surface area contributed by atoms with Gasteiger partial charge in [-0.1, -0.05) is 6.08 Å². The van der Waals surface area contributed by atoms with Crippen molar-refractivity contribution in [2.24, 2.45) is 0 Å². The highest BCUT2D eigenvalue weighted by molar-refractivity contribution is 6.04. The molecule has 0 bridgehead atoms. The number of methoxy groups -OCH3 is 1. The smallest absolute Gasteiger partial charge is 0.185 e. The SMILES string of the molecule is COc1ccc(C(=O)/C=C/CO)cc1. The molecule has 0 radical (unpaired) electrons. The molecule has 1 rings (SSSR count). The van der Waals surface area contributed by atoms with Crippen molar-refractivity contribution in [3.8, 4) is 5.75 Å². The highest BCUT2D eigenvalue weighted by Gasteiger charge is 2.00. The van der Waals surface area contributed by atoms with Crippen molar-refractivity contribution in [3.05, 3.63) is 42.0 Å². The van der Waals surface area contributed by atoms with Crippen molar-refractivity contribution >= 4 is 5.78 Å². The van der Waals surface area contributed by atoms with Gasteiger partial charge in [0.2, 0.25) is 0 Å². The molecule has 0 fully saturated rings. The van der Waals surface area contributed by atoms with Crippen LogP contribution in [0, 0.1) is 0 Å². The van der Waals surface area contributed by atoms with Crippen molar-refractivity contribution in [3.63, 3.8) is 0 Å². The van der Waals surface area contributed by atoms with Gasteiger partial charge in [-0.3, -0.25) is 4.79 Å². The van der Waals surface area contributed by atoms with Gasteiger partial charge in [0, 0.05) is 5.56 Å². The number of aliphatic hydroxyl groups excluding tert-OH is 1. The lowest BCUT2D eigenvalue weighted by atomic mass is 10.1. The van der Waals surface area contributed by atoms with E-state index in [1.54, 1.807) is 31.4 Å². The lowest BCUT2D eigenvalue weighted by Gasteiger charge is -1.99. The fourth-order valence-corrected chi connectivity index (χ4v) is 1.01. The Kier molecular flexibility index (Phi) is 3.88. The molecule has 0 atom stereocenters. The van der Waals surface area contributed by atoms with Gasteiger partial charge in [0.25, 0.3) is 0 Å². The van der Waals surface area contributed by atoms with E-state index in [9.17, 15) is 4.79 Å². The normalized spacial score (nSPS) is 10.4. The fraction of sp³-hybridized carbons (Fsp3) is 0.182. The molecule has 0 saturated carbocycles. The number of ketones is 1. The van der Waals surface area contributed by atoms with Crippen LogP contribution in [0.1, 0.15) is 10.4 Å². The molecule has 0 aliphatic heterocycles. The van der Waals surface area contributed by atoms with Crippen molar-refractivity contribution < 1.29 is 14.6 Å². The quantitative estimate of drug-likeness (QED) is 0.579. The predicted octanol–water partition coefficient (Wildman–Crippen LogP) is 1.43. The van der Waals surface area contributed by atoms with Gasteiger partial charge in [-0.15, -0.1) is 0 Å². The summed E-state index contributed by atoms with van der Waals surface area (Å²) >= 11 is 0. The largest absolute Gasteiger partial charge is 0.497 e. The molecular weight excluding hydrogens is 180 g/mol. The van der Waals surface area contributed by atoms with E-state index in [2.05, 4.69) is 0 Å². The minimum absolute atomic E-state index is 0.123. The third kappa shape index (κ3) is 2.71. The minimum Gasteiger partial charge on any atom is -0.497 e. The Morgan fingerprint density at radius 2 is 2.07 bits per heavy atom. The van der Waals surface area contributed by atoms with E-state index in [-0.39, 0.29) is 12.4 Å². The van der Waals surface area contributed by atoms with Gasteiger partial charge in [0.1, 0.15) is 5.75 Å². The van der Waals surface area contributed by atoms with Crippen LogP contribution in [0.3, 0.4) is 0 Å². The molecule has 14 heavy (non-hydrogen) atoms. The van der Waals surface area contributed by atoms with Gasteiger partial charge in [0.05, 0.1) is 13.7 Å². The first-order chi connectivity index (χ1) is 6.77. The standard InChI is InChI=1S/C11H12O3/c1-14-10-6-4-9(5-7-10)11(13)3-2-8-12/h2-7,12H,8H2,1H3/b3-2+. The van der Waals surface area contributed by atoms with Gasteiger partial charge in [0.15, 0.2) is 5.78 Å². The molecule has 1 N–H and O–H groups in total. The maximum Gasteiger partial charge on any atom is 0.185 e. The highest BCUT2D eigenvalue weighted by atomic mass is 16.5. The molecular formula is C11H12O3. The zero-order valence-electron chi connectivity index (χ0n) is 7.93. The number of hydrogen-bond donors (Lipinski definition) is 1. The second-order valence-electron chi connectivity index (χ2n) is 2.68. The summed E-state index contributed by atoms with van der Waals surface area (Å²) in [6.07, 6.45) is 2.76. The van der Waals surface area contributed by atoms with E-state index in [1.165, 1.54) is 12.2 Å². The molecule has 0 saturated heterocycles. The first-order valence-electron chi connectivity index (χ1n) is 4.23. The number of carbonyl (C=O) groups excluding carboxylic acids is 1. The van der Waals surface area contributed by atoms with E-state index in [0.29, 0.717) is 11.3 Å². The van der Waals surface area contributed by atoms with E-state index < -0.39 is 0 Å². The molecule has 0 aliphatic carbocycles. The summed E-state index contributed by atoms with van der Waals surface area (Å²) in [5, 5.41) is 8.49. The molecule has 0 heterocycles. The summed E-state index contributed by atoms with van der Waals surface area (Å²) in [6.45, 7) is -0.123. The molecule has 1 aromatic carbocycles. The van der Waals surface area contributed by atoms with Gasteiger partial charge in [-0.05, 0) is 30.3 Å². The van der Waals surface area contributed by atoms with Crippen LogP contribution >= 0.6 is 0 Å². The Hall–Kier alpha value is -1.61. The van der Waals surface area contributed by atoms with E-state index in [1.807, 2.05) is 0 Å². The first-order valence-corrected chi connectivity index (χ1v) is 4.23. The maximum absolute atomic E-state index is 11.4. The lowest BCUT2D eigenvalue weighted by Crippen LogP contribution is -1.94. The van der Waals surface area contributed by atoms with Crippen molar-refractivity contribution in [2.45, 2.75) is 0 Å². The van der Waals surface area contributed by atoms with Gasteiger partial charge in [-0.25, -0.2) is 0 Å². The molecule has 3 heteroatoms. The number of allylic oxidation sites excluding steroid dienone is 1. The molecule has 0 unspecified atom stereocenters. The zero-order chi connectivity index (χ0) is 10.4. The number of aliphatic hydroxyl groups is 1. The number of ether oxygens (including phenoxy) is 1. The average Bonchev–Trinajstić information content (AvgIpc) is 2.26. The van der Waals surface area contributed by atoms with E-state index in [4.69, 9.17) is 9.84 Å². The van der Waals surface area contributed by atoms with Gasteiger partial charge >= 0.3 is 0 Å². The van der Waals surface area contributed by atoms with Crippen molar-refractivity contribution in [1.82, 2.24) is 0 Å². The van der Waals surface area contributed by atoms with E-state index in [0.717, 1.165) is 0 Å². The van der Waals surface area contributed by atoms with Crippen LogP contribution in [-0.2, 0) is 0 Å². The van der Waals surface area contributed by atoms with Crippen LogP contribution < -0.4 is 4.74 Å². The Morgan fingerprint density at radius 3 is 2.57 bits per heavy atom. The number of benzene rings is 1. The zero-order valence-corrected chi connectivity index (χ0v) is 7.93. The number of rotatable bonds is 4. The lowest BCUT2D eigenvalue weighted by molar-refractivity contribution is 0.104. The van der Waals surface area contributed by atoms with Crippen LogP contribution in [0.5, 0.6) is 5.75 Å². The minimum atomic E-state index is -0.123. The van der Waals surface area contributed by atoms with Crippen molar-refractivity contribution in [2.75, 3.05) is 13.7 Å². The molecule has 0 aromatic heterocycles. The van der Waals surface area contributed by atoms with Crippen LogP contribution in [0.15, 0.2) is 36.4 Å². The Labute approximate surface area is 82.6 Å². The molecule has 74 valence electrons. The predicted molar refractivity (Wildman–Crippen MR) is 53.6 cm³/mol. The Morgan fingerprint density at radius 1 is 1.43 bits per heavy atom. The second-order valence-corrected chi connectivity index (χ2v) is 2.68. The third-order valence-electron chi connectivity index (χ3n) is 1.75. The first kappa shape index (κ1) is 10.5. The van der Waals surface area contributed by atoms with E-state index >= 15 is 0 Å². The second kappa shape index (κ2) is 5.19. The summed E-state index contributed by atoms with van der Waals surface area (Å²) in [4.78, 5) is 11.4. The third-order valence-corrected chi connectivity index (χ3v) is 1.75. The Balaban J connectivity index is 2.76. The van der Waals surface area contributed by atoms with Crippen LogP contribution in [-0.4, -0.2) is 24.6 Å². The molecule has 0 spiro atoms. The summed E-state index contributed by atoms with van der Waals surface area (Å²) in [6, 6.07) is 6.81. The highest BCUT2D eigenvalue weighted by Crippen LogP contribution is 2.11. The summed E-state index contributed by atoms with van der Waals surface area (Å²) in [7, 11) is 1.57. The monoisotopic (exact) mass is 192 g/mol. The summed E-state index contributed by atoms with van der Waals surface area (Å²) in [5.74, 6) is 0.592.